The molecule has 132 valence electrons. The molecule has 0 radical (unpaired) electrons. The zero-order valence-electron chi connectivity index (χ0n) is 14.3. The van der Waals surface area contributed by atoms with Gasteiger partial charge in [-0.3, -0.25) is 9.59 Å². The van der Waals surface area contributed by atoms with E-state index in [9.17, 15) is 14.0 Å². The van der Waals surface area contributed by atoms with Gasteiger partial charge in [0.15, 0.2) is 0 Å². The fourth-order valence-electron chi connectivity index (χ4n) is 2.68. The Balaban J connectivity index is 1.78. The van der Waals surface area contributed by atoms with Crippen molar-refractivity contribution in [1.29, 1.82) is 0 Å². The molecule has 1 aliphatic heterocycles. The number of morpholine rings is 1. The Kier molecular flexibility index (Phi) is 6.73. The standard InChI is InChI=1S/C18H25FN2O3/c1-13(6-7-15-4-3-5-16(19)12-15)17(22)20-14(2)18(23)21-8-10-24-11-9-21/h3-5,12-14H,6-11H2,1-2H3,(H,20,22)/t13-,14+/m1/s1. The summed E-state index contributed by atoms with van der Waals surface area (Å²) in [6, 6.07) is 5.84. The van der Waals surface area contributed by atoms with Crippen molar-refractivity contribution in [3.8, 4) is 0 Å². The second-order valence-electron chi connectivity index (χ2n) is 6.24. The fourth-order valence-corrected chi connectivity index (χ4v) is 2.68. The molecule has 1 aromatic carbocycles. The van der Waals surface area contributed by atoms with Crippen molar-refractivity contribution in [2.75, 3.05) is 26.3 Å². The summed E-state index contributed by atoms with van der Waals surface area (Å²) in [4.78, 5) is 26.2. The van der Waals surface area contributed by atoms with Crippen LogP contribution in [0.1, 0.15) is 25.8 Å². The van der Waals surface area contributed by atoms with Gasteiger partial charge in [0, 0.05) is 19.0 Å². The molecule has 2 rings (SSSR count). The van der Waals surface area contributed by atoms with Crippen LogP contribution in [0.15, 0.2) is 24.3 Å². The molecule has 0 aliphatic carbocycles. The van der Waals surface area contributed by atoms with Crippen LogP contribution >= 0.6 is 0 Å². The number of carbonyl (C=O) groups excluding carboxylic acids is 2. The molecule has 1 N–H and O–H groups in total. The first kappa shape index (κ1) is 18.4. The van der Waals surface area contributed by atoms with Crippen LogP contribution < -0.4 is 5.32 Å². The predicted octanol–water partition coefficient (Wildman–Crippen LogP) is 1.76. The molecule has 24 heavy (non-hydrogen) atoms. The zero-order valence-corrected chi connectivity index (χ0v) is 14.3. The Morgan fingerprint density at radius 1 is 1.29 bits per heavy atom. The molecule has 1 heterocycles. The Labute approximate surface area is 142 Å². The van der Waals surface area contributed by atoms with Crippen LogP contribution in [0.4, 0.5) is 4.39 Å². The highest BCUT2D eigenvalue weighted by molar-refractivity contribution is 5.88. The maximum atomic E-state index is 13.2. The molecule has 0 unspecified atom stereocenters. The molecule has 2 amide bonds. The average molecular weight is 336 g/mol. The third-order valence-electron chi connectivity index (χ3n) is 4.25. The van der Waals surface area contributed by atoms with Gasteiger partial charge < -0.3 is 15.0 Å². The first-order valence-electron chi connectivity index (χ1n) is 8.38. The van der Waals surface area contributed by atoms with E-state index in [2.05, 4.69) is 5.32 Å². The van der Waals surface area contributed by atoms with E-state index >= 15 is 0 Å². The topological polar surface area (TPSA) is 58.6 Å². The van der Waals surface area contributed by atoms with E-state index in [1.807, 2.05) is 13.0 Å². The molecule has 1 aliphatic rings. The van der Waals surface area contributed by atoms with Gasteiger partial charge in [-0.05, 0) is 37.5 Å². The zero-order chi connectivity index (χ0) is 17.5. The van der Waals surface area contributed by atoms with Crippen molar-refractivity contribution < 1.29 is 18.7 Å². The van der Waals surface area contributed by atoms with E-state index in [-0.39, 0.29) is 23.5 Å². The van der Waals surface area contributed by atoms with E-state index in [1.165, 1.54) is 12.1 Å². The monoisotopic (exact) mass is 336 g/mol. The van der Waals surface area contributed by atoms with Crippen molar-refractivity contribution in [3.05, 3.63) is 35.6 Å². The van der Waals surface area contributed by atoms with Gasteiger partial charge in [-0.15, -0.1) is 0 Å². The molecule has 1 saturated heterocycles. The third-order valence-corrected chi connectivity index (χ3v) is 4.25. The minimum atomic E-state index is -0.549. The summed E-state index contributed by atoms with van der Waals surface area (Å²) in [5.74, 6) is -0.743. The van der Waals surface area contributed by atoms with Crippen LogP contribution in [0.3, 0.4) is 0 Å². The number of nitrogens with zero attached hydrogens (tertiary/aromatic N) is 1. The summed E-state index contributed by atoms with van der Waals surface area (Å²) in [7, 11) is 0. The maximum Gasteiger partial charge on any atom is 0.245 e. The number of rotatable bonds is 6. The molecule has 1 fully saturated rings. The molecule has 5 nitrogen and oxygen atoms in total. The Hall–Kier alpha value is -1.95. The van der Waals surface area contributed by atoms with Crippen molar-refractivity contribution >= 4 is 11.8 Å². The van der Waals surface area contributed by atoms with Crippen LogP contribution in [0.5, 0.6) is 0 Å². The van der Waals surface area contributed by atoms with E-state index in [1.54, 1.807) is 17.9 Å². The minimum absolute atomic E-state index is 0.0796. The van der Waals surface area contributed by atoms with E-state index in [0.29, 0.717) is 39.1 Å². The average Bonchev–Trinajstić information content (AvgIpc) is 2.59. The smallest absolute Gasteiger partial charge is 0.245 e. The quantitative estimate of drug-likeness (QED) is 0.861. The fraction of sp³-hybridized carbons (Fsp3) is 0.556. The van der Waals surface area contributed by atoms with Crippen molar-refractivity contribution in [3.63, 3.8) is 0 Å². The normalized spacial score (nSPS) is 17.2. The molecule has 1 aromatic rings. The first-order chi connectivity index (χ1) is 11.5. The lowest BCUT2D eigenvalue weighted by molar-refractivity contribution is -0.140. The molecule has 0 aromatic heterocycles. The van der Waals surface area contributed by atoms with Gasteiger partial charge in [-0.1, -0.05) is 19.1 Å². The lowest BCUT2D eigenvalue weighted by atomic mass is 10.00. The lowest BCUT2D eigenvalue weighted by Gasteiger charge is -2.29. The number of nitrogens with one attached hydrogen (secondary N) is 1. The van der Waals surface area contributed by atoms with E-state index in [4.69, 9.17) is 4.74 Å². The number of hydrogen-bond acceptors (Lipinski definition) is 3. The maximum absolute atomic E-state index is 13.2. The van der Waals surface area contributed by atoms with E-state index < -0.39 is 6.04 Å². The minimum Gasteiger partial charge on any atom is -0.378 e. The van der Waals surface area contributed by atoms with Crippen LogP contribution in [-0.2, 0) is 20.7 Å². The van der Waals surface area contributed by atoms with Crippen LogP contribution in [0.2, 0.25) is 0 Å². The van der Waals surface area contributed by atoms with Crippen molar-refractivity contribution in [1.82, 2.24) is 10.2 Å². The predicted molar refractivity (Wildman–Crippen MR) is 88.9 cm³/mol. The molecule has 6 heteroatoms. The second-order valence-corrected chi connectivity index (χ2v) is 6.24. The SMILES string of the molecule is C[C@H](CCc1cccc(F)c1)C(=O)N[C@@H](C)C(=O)N1CCOCC1. The number of ether oxygens (including phenoxy) is 1. The number of carbonyl (C=O) groups is 2. The third kappa shape index (κ3) is 5.30. The Bertz CT molecular complexity index is 573. The number of halogens is 1. The van der Waals surface area contributed by atoms with Crippen LogP contribution in [0.25, 0.3) is 0 Å². The van der Waals surface area contributed by atoms with Gasteiger partial charge in [0.1, 0.15) is 11.9 Å². The molecule has 2 atom stereocenters. The van der Waals surface area contributed by atoms with Gasteiger partial charge in [-0.25, -0.2) is 4.39 Å². The first-order valence-corrected chi connectivity index (χ1v) is 8.38. The summed E-state index contributed by atoms with van der Waals surface area (Å²) in [6.45, 7) is 5.73. The molecule has 0 spiro atoms. The second kappa shape index (κ2) is 8.78. The van der Waals surface area contributed by atoms with Gasteiger partial charge in [0.2, 0.25) is 11.8 Å². The summed E-state index contributed by atoms with van der Waals surface area (Å²) in [5, 5.41) is 2.78. The highest BCUT2D eigenvalue weighted by Gasteiger charge is 2.25. The van der Waals surface area contributed by atoms with Crippen molar-refractivity contribution in [2.45, 2.75) is 32.7 Å². The molecule has 0 saturated carbocycles. The van der Waals surface area contributed by atoms with Crippen molar-refractivity contribution in [2.24, 2.45) is 5.92 Å². The highest BCUT2D eigenvalue weighted by Crippen LogP contribution is 2.12. The van der Waals surface area contributed by atoms with E-state index in [0.717, 1.165) is 5.56 Å². The summed E-state index contributed by atoms with van der Waals surface area (Å²) in [6.07, 6.45) is 1.23. The van der Waals surface area contributed by atoms with Gasteiger partial charge >= 0.3 is 0 Å². The molecule has 0 bridgehead atoms. The highest BCUT2D eigenvalue weighted by atomic mass is 19.1. The summed E-state index contributed by atoms with van der Waals surface area (Å²) in [5.41, 5.74) is 0.868. The number of hydrogen-bond donors (Lipinski definition) is 1. The Morgan fingerprint density at radius 3 is 2.67 bits per heavy atom. The number of aryl methyl sites for hydroxylation is 1. The molecular formula is C18H25FN2O3. The van der Waals surface area contributed by atoms with Gasteiger partial charge in [0.05, 0.1) is 13.2 Å². The lowest BCUT2D eigenvalue weighted by Crippen LogP contribution is -2.51. The van der Waals surface area contributed by atoms with Gasteiger partial charge in [0.25, 0.3) is 0 Å². The van der Waals surface area contributed by atoms with Crippen LogP contribution in [-0.4, -0.2) is 49.1 Å². The number of benzene rings is 1. The van der Waals surface area contributed by atoms with Crippen LogP contribution in [0, 0.1) is 11.7 Å². The summed E-state index contributed by atoms with van der Waals surface area (Å²) < 4.78 is 18.4. The molecular weight excluding hydrogens is 311 g/mol. The number of amides is 2. The largest absolute Gasteiger partial charge is 0.378 e. The summed E-state index contributed by atoms with van der Waals surface area (Å²) >= 11 is 0. The van der Waals surface area contributed by atoms with Gasteiger partial charge in [-0.2, -0.15) is 0 Å². The Morgan fingerprint density at radius 2 is 2.00 bits per heavy atom.